The van der Waals surface area contributed by atoms with Crippen molar-refractivity contribution in [2.75, 3.05) is 19.7 Å². The van der Waals surface area contributed by atoms with Crippen LogP contribution in [0.3, 0.4) is 0 Å². The Balaban J connectivity index is 0.00000484. The Kier molecular flexibility index (Phi) is 12.0. The van der Waals surface area contributed by atoms with Crippen LogP contribution < -0.4 is 10.6 Å². The van der Waals surface area contributed by atoms with Gasteiger partial charge in [-0.05, 0) is 31.6 Å². The van der Waals surface area contributed by atoms with Gasteiger partial charge in [0, 0.05) is 26.6 Å². The molecule has 0 aromatic carbocycles. The van der Waals surface area contributed by atoms with E-state index in [1.165, 1.54) is 0 Å². The van der Waals surface area contributed by atoms with Gasteiger partial charge in [-0.25, -0.2) is 4.99 Å². The molecule has 0 aliphatic heterocycles. The van der Waals surface area contributed by atoms with Crippen LogP contribution in [-0.2, 0) is 6.54 Å². The van der Waals surface area contributed by atoms with E-state index in [1.54, 1.807) is 6.92 Å². The highest BCUT2D eigenvalue weighted by atomic mass is 127. The molecule has 0 aliphatic carbocycles. The lowest BCUT2D eigenvalue weighted by atomic mass is 9.94. The minimum absolute atomic E-state index is 0. The molecule has 0 aliphatic rings. The van der Waals surface area contributed by atoms with Crippen molar-refractivity contribution in [3.8, 4) is 0 Å². The monoisotopic (exact) mass is 439 g/mol. The van der Waals surface area contributed by atoms with Gasteiger partial charge in [0.1, 0.15) is 6.54 Å². The molecular weight excluding hydrogens is 409 g/mol. The standard InChI is InChI=1S/C15H29N5O2.HI/c1-5-16-15(18-10-14-19-12(4)22-20-14)17-9-13(6-7-21)8-11(2)3;/h11,13,21H,5-10H2,1-4H3,(H2,16,17,18);1H. The summed E-state index contributed by atoms with van der Waals surface area (Å²) in [5.74, 6) is 2.89. The second-order valence-corrected chi connectivity index (χ2v) is 5.81. The molecule has 1 aromatic heterocycles. The van der Waals surface area contributed by atoms with Crippen molar-refractivity contribution in [1.29, 1.82) is 0 Å². The number of aromatic nitrogens is 2. The number of halogens is 1. The van der Waals surface area contributed by atoms with Crippen LogP contribution in [-0.4, -0.2) is 40.9 Å². The topological polar surface area (TPSA) is 95.6 Å². The lowest BCUT2D eigenvalue weighted by Gasteiger charge is -2.20. The van der Waals surface area contributed by atoms with Gasteiger partial charge in [0.05, 0.1) is 0 Å². The van der Waals surface area contributed by atoms with Crippen LogP contribution >= 0.6 is 24.0 Å². The maximum absolute atomic E-state index is 9.17. The first-order valence-corrected chi connectivity index (χ1v) is 7.97. The second kappa shape index (κ2) is 12.5. The van der Waals surface area contributed by atoms with Crippen molar-refractivity contribution >= 4 is 29.9 Å². The molecule has 0 spiro atoms. The van der Waals surface area contributed by atoms with Gasteiger partial charge in [-0.15, -0.1) is 24.0 Å². The van der Waals surface area contributed by atoms with Gasteiger partial charge < -0.3 is 20.3 Å². The number of rotatable bonds is 9. The summed E-state index contributed by atoms with van der Waals surface area (Å²) >= 11 is 0. The molecule has 1 rings (SSSR count). The summed E-state index contributed by atoms with van der Waals surface area (Å²) in [7, 11) is 0. The Hall–Kier alpha value is -0.900. The summed E-state index contributed by atoms with van der Waals surface area (Å²) in [5, 5.41) is 19.5. The largest absolute Gasteiger partial charge is 0.396 e. The van der Waals surface area contributed by atoms with Crippen molar-refractivity contribution < 1.29 is 9.63 Å². The highest BCUT2D eigenvalue weighted by molar-refractivity contribution is 14.0. The van der Waals surface area contributed by atoms with Gasteiger partial charge in [0.15, 0.2) is 11.8 Å². The van der Waals surface area contributed by atoms with Crippen LogP contribution in [0.5, 0.6) is 0 Å². The second-order valence-electron chi connectivity index (χ2n) is 5.81. The van der Waals surface area contributed by atoms with Crippen LogP contribution in [0, 0.1) is 18.8 Å². The fraction of sp³-hybridized carbons (Fsp3) is 0.800. The normalized spacial score (nSPS) is 12.9. The molecular formula is C15H30IN5O2. The third-order valence-corrected chi connectivity index (χ3v) is 3.19. The van der Waals surface area contributed by atoms with Gasteiger partial charge >= 0.3 is 0 Å². The lowest BCUT2D eigenvalue weighted by Crippen LogP contribution is -2.40. The van der Waals surface area contributed by atoms with Crippen LogP contribution in [0.25, 0.3) is 0 Å². The number of hydrogen-bond acceptors (Lipinski definition) is 5. The molecule has 7 nitrogen and oxygen atoms in total. The van der Waals surface area contributed by atoms with Crippen molar-refractivity contribution in [3.63, 3.8) is 0 Å². The molecule has 1 atom stereocenters. The molecule has 1 aromatic rings. The lowest BCUT2D eigenvalue weighted by molar-refractivity contribution is 0.243. The van der Waals surface area contributed by atoms with Gasteiger partial charge in [-0.2, -0.15) is 4.98 Å². The minimum atomic E-state index is 0. The Bertz CT molecular complexity index is 451. The quantitative estimate of drug-likeness (QED) is 0.310. The van der Waals surface area contributed by atoms with E-state index in [0.29, 0.717) is 30.1 Å². The fourth-order valence-corrected chi connectivity index (χ4v) is 2.29. The molecule has 0 fully saturated rings. The molecule has 3 N–H and O–H groups in total. The first kappa shape index (κ1) is 22.1. The van der Waals surface area contributed by atoms with E-state index >= 15 is 0 Å². The maximum atomic E-state index is 9.17. The first-order chi connectivity index (χ1) is 10.5. The van der Waals surface area contributed by atoms with Gasteiger partial charge in [-0.1, -0.05) is 19.0 Å². The van der Waals surface area contributed by atoms with Gasteiger partial charge in [-0.3, -0.25) is 0 Å². The summed E-state index contributed by atoms with van der Waals surface area (Å²) in [5.41, 5.74) is 0. The molecule has 134 valence electrons. The average molecular weight is 439 g/mol. The summed E-state index contributed by atoms with van der Waals surface area (Å²) in [4.78, 5) is 8.59. The number of aliphatic hydroxyl groups is 1. The van der Waals surface area contributed by atoms with Crippen LogP contribution in [0.2, 0.25) is 0 Å². The zero-order valence-corrected chi connectivity index (χ0v) is 16.8. The number of hydrogen-bond donors (Lipinski definition) is 3. The number of guanidine groups is 1. The fourth-order valence-electron chi connectivity index (χ4n) is 2.29. The van der Waals surface area contributed by atoms with Crippen molar-refractivity contribution in [2.45, 2.75) is 47.1 Å². The Morgan fingerprint density at radius 1 is 1.35 bits per heavy atom. The summed E-state index contributed by atoms with van der Waals surface area (Å²) in [6.07, 6.45) is 1.88. The molecule has 0 radical (unpaired) electrons. The van der Waals surface area contributed by atoms with Crippen LogP contribution in [0.15, 0.2) is 9.52 Å². The smallest absolute Gasteiger partial charge is 0.223 e. The van der Waals surface area contributed by atoms with E-state index in [4.69, 9.17) is 4.52 Å². The van der Waals surface area contributed by atoms with Crippen molar-refractivity contribution in [3.05, 3.63) is 11.7 Å². The van der Waals surface area contributed by atoms with E-state index in [2.05, 4.69) is 39.6 Å². The van der Waals surface area contributed by atoms with E-state index < -0.39 is 0 Å². The molecule has 8 heteroatoms. The third kappa shape index (κ3) is 9.75. The molecule has 1 heterocycles. The molecule has 0 bridgehead atoms. The predicted molar refractivity (Wildman–Crippen MR) is 102 cm³/mol. The maximum Gasteiger partial charge on any atom is 0.223 e. The van der Waals surface area contributed by atoms with Crippen LogP contribution in [0.4, 0.5) is 0 Å². The first-order valence-electron chi connectivity index (χ1n) is 7.97. The number of aryl methyl sites for hydroxylation is 1. The Labute approximate surface area is 155 Å². The molecule has 0 saturated heterocycles. The number of nitrogens with one attached hydrogen (secondary N) is 2. The number of aliphatic hydroxyl groups excluding tert-OH is 1. The van der Waals surface area contributed by atoms with E-state index in [1.807, 2.05) is 6.92 Å². The Morgan fingerprint density at radius 2 is 2.09 bits per heavy atom. The van der Waals surface area contributed by atoms with Crippen molar-refractivity contribution in [1.82, 2.24) is 20.8 Å². The molecule has 23 heavy (non-hydrogen) atoms. The van der Waals surface area contributed by atoms with Crippen molar-refractivity contribution in [2.24, 2.45) is 16.8 Å². The Morgan fingerprint density at radius 3 is 2.61 bits per heavy atom. The summed E-state index contributed by atoms with van der Waals surface area (Å²) in [6.45, 7) is 10.3. The zero-order chi connectivity index (χ0) is 16.4. The minimum Gasteiger partial charge on any atom is -0.396 e. The van der Waals surface area contributed by atoms with Gasteiger partial charge in [0.25, 0.3) is 0 Å². The number of nitrogens with zero attached hydrogens (tertiary/aromatic N) is 3. The van der Waals surface area contributed by atoms with Gasteiger partial charge in [0.2, 0.25) is 5.89 Å². The summed E-state index contributed by atoms with van der Waals surface area (Å²) < 4.78 is 4.93. The summed E-state index contributed by atoms with van der Waals surface area (Å²) in [6, 6.07) is 0. The van der Waals surface area contributed by atoms with E-state index in [0.717, 1.165) is 31.9 Å². The highest BCUT2D eigenvalue weighted by Crippen LogP contribution is 2.14. The highest BCUT2D eigenvalue weighted by Gasteiger charge is 2.11. The SMILES string of the molecule is CCNC(=NCc1noc(C)n1)NCC(CCO)CC(C)C.I. The van der Waals surface area contributed by atoms with E-state index in [-0.39, 0.29) is 30.6 Å². The zero-order valence-electron chi connectivity index (χ0n) is 14.5. The third-order valence-electron chi connectivity index (χ3n) is 3.19. The van der Waals surface area contributed by atoms with E-state index in [9.17, 15) is 5.11 Å². The molecule has 0 amide bonds. The van der Waals surface area contributed by atoms with Crippen LogP contribution in [0.1, 0.15) is 45.3 Å². The predicted octanol–water partition coefficient (Wildman–Crippen LogP) is 2.10. The molecule has 0 saturated carbocycles. The average Bonchev–Trinajstić information content (AvgIpc) is 2.87. The molecule has 1 unspecified atom stereocenters. The number of aliphatic imine (C=N–C) groups is 1.